The van der Waals surface area contributed by atoms with E-state index in [0.29, 0.717) is 17.2 Å². The van der Waals surface area contributed by atoms with E-state index in [9.17, 15) is 9.59 Å². The summed E-state index contributed by atoms with van der Waals surface area (Å²) in [4.78, 5) is 22.7. The average molecular weight is 443 g/mol. The molecular weight excluding hydrogens is 430 g/mol. The molecule has 0 fully saturated rings. The van der Waals surface area contributed by atoms with Crippen molar-refractivity contribution in [3.05, 3.63) is 51.4 Å². The minimum absolute atomic E-state index is 0.164. The summed E-state index contributed by atoms with van der Waals surface area (Å²) < 4.78 is 12.2. The molecule has 120 valence electrons. The van der Waals surface area contributed by atoms with Gasteiger partial charge in [-0.1, -0.05) is 15.9 Å². The van der Waals surface area contributed by atoms with Crippen molar-refractivity contribution in [1.29, 1.82) is 0 Å². The van der Waals surface area contributed by atoms with E-state index < -0.39 is 5.97 Å². The number of carbonyl (C=O) groups is 2. The number of esters is 1. The van der Waals surface area contributed by atoms with Crippen molar-refractivity contribution < 1.29 is 19.1 Å². The molecule has 23 heavy (non-hydrogen) atoms. The zero-order valence-electron chi connectivity index (χ0n) is 12.1. The van der Waals surface area contributed by atoms with Crippen LogP contribution in [0.4, 0.5) is 5.69 Å². The zero-order chi connectivity index (χ0) is 16.8. The zero-order valence-corrected chi connectivity index (χ0v) is 15.3. The summed E-state index contributed by atoms with van der Waals surface area (Å²) in [6, 6.07) is 11.9. The predicted octanol–water partition coefficient (Wildman–Crippen LogP) is 4.15. The largest absolute Gasteiger partial charge is 0.481 e. The fourth-order valence-corrected chi connectivity index (χ4v) is 2.86. The predicted molar refractivity (Wildman–Crippen MR) is 93.7 cm³/mol. The fraction of sp³-hybridized carbons (Fsp3) is 0.125. The highest BCUT2D eigenvalue weighted by Crippen LogP contribution is 2.28. The average Bonchev–Trinajstić information content (AvgIpc) is 2.48. The molecule has 0 bridgehead atoms. The second-order valence-corrected chi connectivity index (χ2v) is 6.31. The Morgan fingerprint density at radius 1 is 1.09 bits per heavy atom. The Hall–Kier alpha value is -1.86. The Morgan fingerprint density at radius 3 is 2.39 bits per heavy atom. The van der Waals surface area contributed by atoms with Crippen molar-refractivity contribution in [2.24, 2.45) is 0 Å². The third-order valence-electron chi connectivity index (χ3n) is 2.65. The van der Waals surface area contributed by atoms with Gasteiger partial charge in [-0.2, -0.15) is 0 Å². The Labute approximate surface area is 150 Å². The maximum absolute atomic E-state index is 11.8. The Morgan fingerprint density at radius 2 is 1.78 bits per heavy atom. The molecule has 7 heteroatoms. The molecular formula is C16H13Br2NO4. The lowest BCUT2D eigenvalue weighted by atomic mass is 10.3. The molecule has 0 aliphatic rings. The van der Waals surface area contributed by atoms with E-state index in [1.54, 1.807) is 30.3 Å². The molecule has 5 nitrogen and oxygen atoms in total. The number of nitrogens with one attached hydrogen (secondary N) is 1. The number of hydrogen-bond donors (Lipinski definition) is 1. The minimum Gasteiger partial charge on any atom is -0.481 e. The molecule has 0 saturated heterocycles. The number of halogens is 2. The van der Waals surface area contributed by atoms with Crippen LogP contribution in [0.25, 0.3) is 0 Å². The fourth-order valence-electron chi connectivity index (χ4n) is 1.70. The first-order valence-corrected chi connectivity index (χ1v) is 8.19. The normalized spacial score (nSPS) is 10.0. The highest BCUT2D eigenvalue weighted by atomic mass is 79.9. The summed E-state index contributed by atoms with van der Waals surface area (Å²) in [6.45, 7) is 1.21. The minimum atomic E-state index is -0.521. The van der Waals surface area contributed by atoms with Gasteiger partial charge in [0.25, 0.3) is 0 Å². The van der Waals surface area contributed by atoms with Gasteiger partial charge in [-0.05, 0) is 58.4 Å². The van der Waals surface area contributed by atoms with Crippen LogP contribution in [0.15, 0.2) is 51.4 Å². The van der Waals surface area contributed by atoms with Crippen molar-refractivity contribution in [2.45, 2.75) is 6.92 Å². The number of rotatable bonds is 5. The molecule has 2 rings (SSSR count). The highest BCUT2D eigenvalue weighted by Gasteiger charge is 2.08. The molecule has 1 N–H and O–H groups in total. The summed E-state index contributed by atoms with van der Waals surface area (Å²) in [5.74, 6) is 0.240. The maximum Gasteiger partial charge on any atom is 0.349 e. The number of carbonyl (C=O) groups excluding carboxylic acids is 2. The quantitative estimate of drug-likeness (QED) is 0.557. The number of hydrogen-bond acceptors (Lipinski definition) is 4. The molecule has 0 radical (unpaired) electrons. The van der Waals surface area contributed by atoms with E-state index in [4.69, 9.17) is 9.47 Å². The molecule has 0 atom stereocenters. The van der Waals surface area contributed by atoms with Crippen LogP contribution in [0.2, 0.25) is 0 Å². The lowest BCUT2D eigenvalue weighted by Crippen LogP contribution is -2.17. The lowest BCUT2D eigenvalue weighted by molar-refractivity contribution is -0.136. The molecule has 2 aromatic rings. The van der Waals surface area contributed by atoms with E-state index in [1.807, 2.05) is 12.1 Å². The summed E-state index contributed by atoms with van der Waals surface area (Å²) in [5, 5.41) is 2.63. The second-order valence-electron chi connectivity index (χ2n) is 4.54. The van der Waals surface area contributed by atoms with Crippen molar-refractivity contribution in [1.82, 2.24) is 0 Å². The summed E-state index contributed by atoms with van der Waals surface area (Å²) in [6.07, 6.45) is 0. The standard InChI is InChI=1S/C16H13Br2NO4/c1-10(20)19-12-3-5-13(6-4-12)23-16(21)9-22-15-7-2-11(17)8-14(15)18/h2-8H,9H2,1H3,(H,19,20). The first-order chi connectivity index (χ1) is 10.9. The number of amides is 1. The SMILES string of the molecule is CC(=O)Nc1ccc(OC(=O)COc2ccc(Br)cc2Br)cc1. The van der Waals surface area contributed by atoms with E-state index in [-0.39, 0.29) is 12.5 Å². The molecule has 1 amide bonds. The van der Waals surface area contributed by atoms with Gasteiger partial charge >= 0.3 is 5.97 Å². The molecule has 0 saturated carbocycles. The molecule has 0 aliphatic heterocycles. The summed E-state index contributed by atoms with van der Waals surface area (Å²) >= 11 is 6.69. The van der Waals surface area contributed by atoms with E-state index >= 15 is 0 Å². The van der Waals surface area contributed by atoms with Crippen molar-refractivity contribution in [3.8, 4) is 11.5 Å². The van der Waals surface area contributed by atoms with Crippen LogP contribution in [0, 0.1) is 0 Å². The van der Waals surface area contributed by atoms with E-state index in [1.165, 1.54) is 6.92 Å². The van der Waals surface area contributed by atoms with Gasteiger partial charge in [0.05, 0.1) is 4.47 Å². The summed E-state index contributed by atoms with van der Waals surface area (Å²) in [7, 11) is 0. The van der Waals surface area contributed by atoms with Gasteiger partial charge in [0, 0.05) is 17.1 Å². The molecule has 0 aromatic heterocycles. The Bertz CT molecular complexity index is 717. The molecule has 0 heterocycles. The van der Waals surface area contributed by atoms with Crippen LogP contribution in [-0.2, 0) is 9.59 Å². The molecule has 0 unspecified atom stereocenters. The van der Waals surface area contributed by atoms with Crippen LogP contribution >= 0.6 is 31.9 Å². The number of anilines is 1. The van der Waals surface area contributed by atoms with Gasteiger partial charge in [-0.3, -0.25) is 4.79 Å². The molecule has 2 aromatic carbocycles. The van der Waals surface area contributed by atoms with Crippen molar-refractivity contribution in [3.63, 3.8) is 0 Å². The van der Waals surface area contributed by atoms with E-state index in [0.717, 1.165) is 8.95 Å². The van der Waals surface area contributed by atoms with Crippen molar-refractivity contribution in [2.75, 3.05) is 11.9 Å². The third kappa shape index (κ3) is 5.69. The van der Waals surface area contributed by atoms with Crippen LogP contribution < -0.4 is 14.8 Å². The first kappa shape index (κ1) is 17.5. The smallest absolute Gasteiger partial charge is 0.349 e. The highest BCUT2D eigenvalue weighted by molar-refractivity contribution is 9.11. The monoisotopic (exact) mass is 441 g/mol. The van der Waals surface area contributed by atoms with Crippen LogP contribution in [0.5, 0.6) is 11.5 Å². The van der Waals surface area contributed by atoms with E-state index in [2.05, 4.69) is 37.2 Å². The molecule has 0 spiro atoms. The maximum atomic E-state index is 11.8. The van der Waals surface area contributed by atoms with Crippen LogP contribution in [-0.4, -0.2) is 18.5 Å². The van der Waals surface area contributed by atoms with Crippen molar-refractivity contribution >= 4 is 49.4 Å². The Balaban J connectivity index is 1.88. The third-order valence-corrected chi connectivity index (χ3v) is 3.76. The van der Waals surface area contributed by atoms with Gasteiger partial charge < -0.3 is 14.8 Å². The van der Waals surface area contributed by atoms with Gasteiger partial charge in [0.1, 0.15) is 11.5 Å². The second kappa shape index (κ2) is 8.12. The number of ether oxygens (including phenoxy) is 2. The Kier molecular flexibility index (Phi) is 6.18. The lowest BCUT2D eigenvalue weighted by Gasteiger charge is -2.09. The molecule has 0 aliphatic carbocycles. The van der Waals surface area contributed by atoms with Gasteiger partial charge in [0.2, 0.25) is 5.91 Å². The first-order valence-electron chi connectivity index (χ1n) is 6.60. The van der Waals surface area contributed by atoms with Gasteiger partial charge in [-0.25, -0.2) is 4.79 Å². The van der Waals surface area contributed by atoms with Crippen LogP contribution in [0.1, 0.15) is 6.92 Å². The van der Waals surface area contributed by atoms with Gasteiger partial charge in [-0.15, -0.1) is 0 Å². The van der Waals surface area contributed by atoms with Gasteiger partial charge in [0.15, 0.2) is 6.61 Å². The summed E-state index contributed by atoms with van der Waals surface area (Å²) in [5.41, 5.74) is 0.632. The topological polar surface area (TPSA) is 64.6 Å². The van der Waals surface area contributed by atoms with Crippen LogP contribution in [0.3, 0.4) is 0 Å². The number of benzene rings is 2.